The number of rotatable bonds is 49. The van der Waals surface area contributed by atoms with Gasteiger partial charge in [-0.05, 0) is 6.42 Å². The van der Waals surface area contributed by atoms with Crippen molar-refractivity contribution in [3.8, 4) is 0 Å². The van der Waals surface area contributed by atoms with Gasteiger partial charge in [0.25, 0.3) is 0 Å². The Hall–Kier alpha value is 0. The highest BCUT2D eigenvalue weighted by Crippen LogP contribution is 2.18. The third-order valence-corrected chi connectivity index (χ3v) is 12.2. The monoisotopic (exact) mass is 729 g/mol. The lowest BCUT2D eigenvalue weighted by molar-refractivity contribution is 0.508. The predicted octanol–water partition coefficient (Wildman–Crippen LogP) is 20.2. The maximum Gasteiger partial charge on any atom is -0.0386 e. The van der Waals surface area contributed by atoms with E-state index in [9.17, 15) is 0 Å². The molecule has 0 saturated heterocycles. The van der Waals surface area contributed by atoms with Gasteiger partial charge >= 0.3 is 0 Å². The molecule has 2 radical (unpaired) electrons. The summed E-state index contributed by atoms with van der Waals surface area (Å²) < 4.78 is 0. The molecule has 0 heterocycles. The summed E-state index contributed by atoms with van der Waals surface area (Å²) in [5.74, 6) is 0. The lowest BCUT2D eigenvalue weighted by atomic mass is 10.0. The molecule has 0 spiro atoms. The van der Waals surface area contributed by atoms with Crippen molar-refractivity contribution in [3.05, 3.63) is 13.3 Å². The van der Waals surface area contributed by atoms with E-state index in [1.807, 2.05) is 0 Å². The van der Waals surface area contributed by atoms with Crippen LogP contribution in [0.1, 0.15) is 322 Å². The van der Waals surface area contributed by atoms with Crippen LogP contribution >= 0.6 is 0 Å². The summed E-state index contributed by atoms with van der Waals surface area (Å²) in [6, 6.07) is 0. The van der Waals surface area contributed by atoms with Crippen molar-refractivity contribution < 1.29 is 0 Å². The van der Waals surface area contributed by atoms with Crippen LogP contribution in [0.3, 0.4) is 0 Å². The molecule has 0 rings (SSSR count). The second-order valence-corrected chi connectivity index (χ2v) is 17.6. The Kier molecular flexibility index (Phi) is 51.0. The lowest BCUT2D eigenvalue weighted by Crippen LogP contribution is -1.85. The molecule has 0 heteroatoms. The fourth-order valence-corrected chi connectivity index (χ4v) is 8.40. The van der Waals surface area contributed by atoms with E-state index in [0.717, 1.165) is 6.42 Å². The molecule has 0 aliphatic rings. The number of hydrogen-bond donors (Lipinski definition) is 0. The minimum Gasteiger partial charge on any atom is -0.0654 e. The molecule has 52 heavy (non-hydrogen) atoms. The van der Waals surface area contributed by atoms with Crippen LogP contribution in [0.4, 0.5) is 0 Å². The van der Waals surface area contributed by atoms with E-state index in [2.05, 4.69) is 20.3 Å². The van der Waals surface area contributed by atoms with Crippen molar-refractivity contribution in [1.82, 2.24) is 0 Å². The summed E-state index contributed by atoms with van der Waals surface area (Å²) in [6.07, 6.45) is 74.3. The second-order valence-electron chi connectivity index (χ2n) is 17.6. The van der Waals surface area contributed by atoms with Gasteiger partial charge in [0.15, 0.2) is 0 Å². The summed E-state index contributed by atoms with van der Waals surface area (Å²) in [7, 11) is 0. The third kappa shape index (κ3) is 50.0. The molecular formula is C52H104. The summed E-state index contributed by atoms with van der Waals surface area (Å²) in [6.45, 7) is 6.24. The first-order valence-corrected chi connectivity index (χ1v) is 25.5. The van der Waals surface area contributed by atoms with Gasteiger partial charge in [-0.1, -0.05) is 328 Å². The van der Waals surface area contributed by atoms with Gasteiger partial charge in [0.1, 0.15) is 0 Å². The van der Waals surface area contributed by atoms with Crippen molar-refractivity contribution in [1.29, 1.82) is 0 Å². The fraction of sp³-hybridized carbons (Fsp3) is 0.962. The van der Waals surface area contributed by atoms with Crippen molar-refractivity contribution in [2.75, 3.05) is 0 Å². The van der Waals surface area contributed by atoms with E-state index in [1.54, 1.807) is 0 Å². The van der Waals surface area contributed by atoms with Crippen molar-refractivity contribution in [2.24, 2.45) is 0 Å². The van der Waals surface area contributed by atoms with Gasteiger partial charge in [-0.3, -0.25) is 0 Å². The maximum atomic E-state index is 3.92. The Morgan fingerprint density at radius 2 is 0.365 bits per heavy atom. The normalized spacial score (nSPS) is 11.7. The molecule has 0 aromatic carbocycles. The van der Waals surface area contributed by atoms with Gasteiger partial charge in [-0.15, -0.1) is 0 Å². The molecule has 0 saturated carbocycles. The smallest absolute Gasteiger partial charge is 0.0386 e. The molecule has 0 atom stereocenters. The number of hydrogen-bond acceptors (Lipinski definition) is 0. The zero-order valence-electron chi connectivity index (χ0n) is 36.9. The van der Waals surface area contributed by atoms with Crippen LogP contribution < -0.4 is 0 Å². The van der Waals surface area contributed by atoms with Gasteiger partial charge in [0, 0.05) is 0 Å². The molecule has 0 aliphatic heterocycles. The molecule has 0 N–H and O–H groups in total. The van der Waals surface area contributed by atoms with Crippen LogP contribution in [0.5, 0.6) is 0 Å². The van der Waals surface area contributed by atoms with Crippen molar-refractivity contribution >= 4 is 0 Å². The molecular weight excluding hydrogens is 625 g/mol. The molecule has 0 amide bonds. The first kappa shape index (κ1) is 52.0. The standard InChI is InChI=1S/C52H104/c1-3-5-7-9-11-13-15-17-19-21-23-25-27-29-31-33-35-37-39-41-43-45-47-49-51-52-50-48-46-44-42-40-38-36-34-32-30-28-26-24-22-20-18-16-14-12-10-8-6-4-2/h11H,1,3-10,12-52H2,2H3. The third-order valence-electron chi connectivity index (χ3n) is 12.2. The Bertz CT molecular complexity index is 514. The molecule has 0 fully saturated rings. The lowest BCUT2D eigenvalue weighted by Gasteiger charge is -2.05. The van der Waals surface area contributed by atoms with Gasteiger partial charge in [0.2, 0.25) is 0 Å². The highest BCUT2D eigenvalue weighted by Gasteiger charge is 1.99. The van der Waals surface area contributed by atoms with Crippen LogP contribution in [0.25, 0.3) is 0 Å². The topological polar surface area (TPSA) is 0 Å². The quantitative estimate of drug-likeness (QED) is 0.0547. The van der Waals surface area contributed by atoms with Gasteiger partial charge < -0.3 is 0 Å². The average molecular weight is 729 g/mol. The highest BCUT2D eigenvalue weighted by molar-refractivity contribution is 4.65. The van der Waals surface area contributed by atoms with Crippen molar-refractivity contribution in [2.45, 2.75) is 322 Å². The Labute approximate surface area is 333 Å². The SMILES string of the molecule is [CH2]CCCC[CH]CCCCCCCCCCCCCCCCCCCCCCCCCCCCCCCCCCCCCCCCCCCCCC. The van der Waals surface area contributed by atoms with Crippen LogP contribution in [0.2, 0.25) is 0 Å². The predicted molar refractivity (Wildman–Crippen MR) is 242 cm³/mol. The van der Waals surface area contributed by atoms with Crippen LogP contribution in [-0.4, -0.2) is 0 Å². The summed E-state index contributed by atoms with van der Waals surface area (Å²) >= 11 is 0. The average Bonchev–Trinajstić information content (AvgIpc) is 3.16. The Morgan fingerprint density at radius 1 is 0.212 bits per heavy atom. The minimum atomic E-state index is 1.10. The molecule has 0 bridgehead atoms. The molecule has 0 nitrogen and oxygen atoms in total. The maximum absolute atomic E-state index is 3.92. The largest absolute Gasteiger partial charge is 0.0654 e. The molecule has 312 valence electrons. The van der Waals surface area contributed by atoms with Crippen LogP contribution in [0.15, 0.2) is 0 Å². The highest BCUT2D eigenvalue weighted by atomic mass is 14.1. The summed E-state index contributed by atoms with van der Waals surface area (Å²) in [4.78, 5) is 0. The fourth-order valence-electron chi connectivity index (χ4n) is 8.40. The molecule has 0 aromatic heterocycles. The summed E-state index contributed by atoms with van der Waals surface area (Å²) in [5, 5.41) is 0. The van der Waals surface area contributed by atoms with Gasteiger partial charge in [-0.25, -0.2) is 0 Å². The molecule has 0 aliphatic carbocycles. The zero-order chi connectivity index (χ0) is 37.4. The van der Waals surface area contributed by atoms with E-state index >= 15 is 0 Å². The van der Waals surface area contributed by atoms with E-state index in [-0.39, 0.29) is 0 Å². The van der Waals surface area contributed by atoms with Crippen molar-refractivity contribution in [3.63, 3.8) is 0 Å². The Balaban J connectivity index is 3.04. The van der Waals surface area contributed by atoms with E-state index in [4.69, 9.17) is 0 Å². The van der Waals surface area contributed by atoms with Gasteiger partial charge in [0.05, 0.1) is 0 Å². The van der Waals surface area contributed by atoms with Gasteiger partial charge in [-0.2, -0.15) is 0 Å². The second kappa shape index (κ2) is 51.0. The van der Waals surface area contributed by atoms with Crippen LogP contribution in [-0.2, 0) is 0 Å². The van der Waals surface area contributed by atoms with Crippen LogP contribution in [0, 0.1) is 13.3 Å². The summed E-state index contributed by atoms with van der Waals surface area (Å²) in [5.41, 5.74) is 0. The van der Waals surface area contributed by atoms with E-state index in [0.29, 0.717) is 0 Å². The molecule has 0 unspecified atom stereocenters. The van der Waals surface area contributed by atoms with E-state index < -0.39 is 0 Å². The first-order valence-electron chi connectivity index (χ1n) is 25.5. The zero-order valence-corrected chi connectivity index (χ0v) is 36.9. The van der Waals surface area contributed by atoms with E-state index in [1.165, 1.54) is 308 Å². The molecule has 0 aromatic rings. The Morgan fingerprint density at radius 3 is 0.538 bits per heavy atom. The number of unbranched alkanes of at least 4 members (excludes halogenated alkanes) is 49. The minimum absolute atomic E-state index is 1.10. The first-order chi connectivity index (χ1) is 25.9.